The predicted octanol–water partition coefficient (Wildman–Crippen LogP) is 2.78. The Labute approximate surface area is 168 Å². The molecule has 0 aromatic heterocycles. The topological polar surface area (TPSA) is 59.1 Å². The van der Waals surface area contributed by atoms with E-state index in [4.69, 9.17) is 9.47 Å². The van der Waals surface area contributed by atoms with Crippen molar-refractivity contribution in [2.45, 2.75) is 33.6 Å². The maximum absolute atomic E-state index is 13.2. The van der Waals surface area contributed by atoms with Gasteiger partial charge in [0.2, 0.25) is 0 Å². The molecule has 6 heteroatoms. The molecular formula is C22H32N2O4. The molecule has 1 aromatic rings. The summed E-state index contributed by atoms with van der Waals surface area (Å²) in [4.78, 5) is 29.8. The van der Waals surface area contributed by atoms with Crippen molar-refractivity contribution < 1.29 is 19.1 Å². The average molecular weight is 389 g/mol. The number of hydrogen-bond donors (Lipinski definition) is 0. The molecule has 154 valence electrons. The van der Waals surface area contributed by atoms with Gasteiger partial charge in [-0.15, -0.1) is 0 Å². The zero-order valence-electron chi connectivity index (χ0n) is 17.7. The van der Waals surface area contributed by atoms with E-state index in [1.165, 1.54) is 4.90 Å². The molecule has 0 aliphatic carbocycles. The Hall–Kier alpha value is -2.18. The van der Waals surface area contributed by atoms with Crippen molar-refractivity contribution in [3.05, 3.63) is 40.6 Å². The minimum atomic E-state index is -0.223. The van der Waals surface area contributed by atoms with Crippen LogP contribution in [0.3, 0.4) is 0 Å². The van der Waals surface area contributed by atoms with Gasteiger partial charge in [0.25, 0.3) is 11.8 Å². The highest BCUT2D eigenvalue weighted by molar-refractivity contribution is 6.35. The monoisotopic (exact) mass is 388 g/mol. The molecule has 1 heterocycles. The second kappa shape index (κ2) is 10.4. The van der Waals surface area contributed by atoms with Crippen LogP contribution in [-0.4, -0.2) is 68.7 Å². The van der Waals surface area contributed by atoms with Crippen molar-refractivity contribution in [1.29, 1.82) is 0 Å². The Balaban J connectivity index is 2.54. The number of nitrogens with zero attached hydrogens (tertiary/aromatic N) is 2. The quantitative estimate of drug-likeness (QED) is 0.546. The lowest BCUT2D eigenvalue weighted by Crippen LogP contribution is -2.38. The zero-order chi connectivity index (χ0) is 20.7. The summed E-state index contributed by atoms with van der Waals surface area (Å²) in [7, 11) is 3.25. The molecule has 1 aliphatic rings. The van der Waals surface area contributed by atoms with E-state index in [0.29, 0.717) is 44.1 Å². The summed E-state index contributed by atoms with van der Waals surface area (Å²) in [5.74, 6) is -0.435. The van der Waals surface area contributed by atoms with E-state index >= 15 is 0 Å². The third-order valence-corrected chi connectivity index (χ3v) is 5.12. The third kappa shape index (κ3) is 4.80. The highest BCUT2D eigenvalue weighted by Gasteiger charge is 2.41. The Bertz CT molecular complexity index is 734. The van der Waals surface area contributed by atoms with Crippen molar-refractivity contribution in [3.63, 3.8) is 0 Å². The Morgan fingerprint density at radius 2 is 1.61 bits per heavy atom. The van der Waals surface area contributed by atoms with Gasteiger partial charge in [-0.2, -0.15) is 0 Å². The molecule has 0 atom stereocenters. The lowest BCUT2D eigenvalue weighted by atomic mass is 9.99. The molecule has 0 N–H and O–H groups in total. The number of carbonyl (C=O) groups excluding carboxylic acids is 2. The van der Waals surface area contributed by atoms with Crippen LogP contribution in [0.5, 0.6) is 0 Å². The molecule has 0 saturated carbocycles. The Morgan fingerprint density at radius 3 is 2.14 bits per heavy atom. The number of ether oxygens (including phenoxy) is 2. The molecular weight excluding hydrogens is 356 g/mol. The number of unbranched alkanes of at least 4 members (excludes halogenated alkanes) is 1. The summed E-state index contributed by atoms with van der Waals surface area (Å²) in [5.41, 5.74) is 3.98. The van der Waals surface area contributed by atoms with Gasteiger partial charge in [-0.1, -0.05) is 31.5 Å². The summed E-state index contributed by atoms with van der Waals surface area (Å²) >= 11 is 0. The minimum absolute atomic E-state index is 0.212. The van der Waals surface area contributed by atoms with Gasteiger partial charge in [0.1, 0.15) is 5.70 Å². The first-order chi connectivity index (χ1) is 13.5. The van der Waals surface area contributed by atoms with Gasteiger partial charge >= 0.3 is 0 Å². The van der Waals surface area contributed by atoms with E-state index in [-0.39, 0.29) is 11.8 Å². The summed E-state index contributed by atoms with van der Waals surface area (Å²) in [6, 6.07) is 5.91. The first-order valence-electron chi connectivity index (χ1n) is 9.87. The highest BCUT2D eigenvalue weighted by Crippen LogP contribution is 2.32. The summed E-state index contributed by atoms with van der Waals surface area (Å²) < 4.78 is 10.5. The van der Waals surface area contributed by atoms with E-state index in [1.54, 1.807) is 14.2 Å². The van der Waals surface area contributed by atoms with Crippen LogP contribution >= 0.6 is 0 Å². The van der Waals surface area contributed by atoms with Crippen molar-refractivity contribution in [3.8, 4) is 0 Å². The fourth-order valence-electron chi connectivity index (χ4n) is 3.27. The van der Waals surface area contributed by atoms with Crippen molar-refractivity contribution >= 4 is 17.4 Å². The smallest absolute Gasteiger partial charge is 0.277 e. The fraction of sp³-hybridized carbons (Fsp3) is 0.545. The molecule has 0 bridgehead atoms. The zero-order valence-corrected chi connectivity index (χ0v) is 17.7. The van der Waals surface area contributed by atoms with E-state index in [9.17, 15) is 9.59 Å². The van der Waals surface area contributed by atoms with Crippen LogP contribution in [0.1, 0.15) is 36.5 Å². The Morgan fingerprint density at radius 1 is 0.964 bits per heavy atom. The maximum Gasteiger partial charge on any atom is 0.277 e. The molecule has 0 saturated heterocycles. The van der Waals surface area contributed by atoms with E-state index in [2.05, 4.69) is 0 Å². The number of aryl methyl sites for hydroxylation is 2. The lowest BCUT2D eigenvalue weighted by molar-refractivity contribution is -0.137. The molecule has 0 unspecified atom stereocenters. The van der Waals surface area contributed by atoms with Crippen LogP contribution in [0.25, 0.3) is 5.57 Å². The second-order valence-corrected chi connectivity index (χ2v) is 7.11. The molecule has 1 aromatic carbocycles. The molecule has 0 radical (unpaired) electrons. The van der Waals surface area contributed by atoms with Crippen LogP contribution < -0.4 is 0 Å². The van der Waals surface area contributed by atoms with E-state index in [1.807, 2.05) is 43.9 Å². The molecule has 28 heavy (non-hydrogen) atoms. The normalized spacial score (nSPS) is 14.4. The molecule has 0 spiro atoms. The van der Waals surface area contributed by atoms with Crippen LogP contribution in [0.15, 0.2) is 23.9 Å². The molecule has 0 fully saturated rings. The summed E-state index contributed by atoms with van der Waals surface area (Å²) in [6.45, 7) is 8.50. The molecule has 2 amide bonds. The number of amides is 2. The first-order valence-corrected chi connectivity index (χ1v) is 9.87. The maximum atomic E-state index is 13.2. The van der Waals surface area contributed by atoms with Crippen LogP contribution in [0.4, 0.5) is 0 Å². The fourth-order valence-corrected chi connectivity index (χ4v) is 3.27. The van der Waals surface area contributed by atoms with E-state index in [0.717, 1.165) is 29.5 Å². The number of hydrogen-bond acceptors (Lipinski definition) is 5. The van der Waals surface area contributed by atoms with Gasteiger partial charge in [0, 0.05) is 33.9 Å². The number of benzene rings is 1. The van der Waals surface area contributed by atoms with Crippen LogP contribution in [0.2, 0.25) is 0 Å². The number of methoxy groups -OCH3 is 2. The van der Waals surface area contributed by atoms with Crippen LogP contribution in [-0.2, 0) is 19.1 Å². The third-order valence-electron chi connectivity index (χ3n) is 5.12. The SMILES string of the molecule is CCCCN1C(=O)C(c2ccc(C)c(C)c2)=C(N(CCOC)CCOC)C1=O. The van der Waals surface area contributed by atoms with E-state index < -0.39 is 0 Å². The van der Waals surface area contributed by atoms with Gasteiger partial charge in [0.15, 0.2) is 0 Å². The Kier molecular flexibility index (Phi) is 8.20. The van der Waals surface area contributed by atoms with Gasteiger partial charge < -0.3 is 14.4 Å². The average Bonchev–Trinajstić information content (AvgIpc) is 2.93. The second-order valence-electron chi connectivity index (χ2n) is 7.11. The number of rotatable bonds is 11. The first kappa shape index (κ1) is 22.1. The summed E-state index contributed by atoms with van der Waals surface area (Å²) in [5, 5.41) is 0. The van der Waals surface area contributed by atoms with Gasteiger partial charge in [-0.25, -0.2) is 0 Å². The number of imide groups is 1. The van der Waals surface area contributed by atoms with Gasteiger partial charge in [0.05, 0.1) is 18.8 Å². The van der Waals surface area contributed by atoms with Crippen molar-refractivity contribution in [2.24, 2.45) is 0 Å². The largest absolute Gasteiger partial charge is 0.383 e. The van der Waals surface area contributed by atoms with Crippen molar-refractivity contribution in [2.75, 3.05) is 47.1 Å². The van der Waals surface area contributed by atoms with Crippen LogP contribution in [0, 0.1) is 13.8 Å². The molecule has 1 aliphatic heterocycles. The highest BCUT2D eigenvalue weighted by atomic mass is 16.5. The number of carbonyl (C=O) groups is 2. The van der Waals surface area contributed by atoms with Gasteiger partial charge in [-0.05, 0) is 37.0 Å². The standard InChI is InChI=1S/C22H32N2O4/c1-6-7-10-24-21(25)19(18-9-8-16(2)17(3)15-18)20(22(24)26)23(11-13-27-4)12-14-28-5/h8-9,15H,6-7,10-14H2,1-5H3. The lowest BCUT2D eigenvalue weighted by Gasteiger charge is -2.25. The minimum Gasteiger partial charge on any atom is -0.383 e. The predicted molar refractivity (Wildman–Crippen MR) is 110 cm³/mol. The van der Waals surface area contributed by atoms with Crippen molar-refractivity contribution in [1.82, 2.24) is 9.80 Å². The molecule has 2 rings (SSSR count). The summed E-state index contributed by atoms with van der Waals surface area (Å²) in [6.07, 6.45) is 1.71. The van der Waals surface area contributed by atoms with Gasteiger partial charge in [-0.3, -0.25) is 14.5 Å². The molecule has 6 nitrogen and oxygen atoms in total.